The number of carbonyl (C=O) groups is 1. The van der Waals surface area contributed by atoms with Gasteiger partial charge in [-0.2, -0.15) is 0 Å². The first-order valence-corrected chi connectivity index (χ1v) is 3.26. The van der Waals surface area contributed by atoms with Crippen LogP contribution in [0.25, 0.3) is 0 Å². The van der Waals surface area contributed by atoms with Crippen molar-refractivity contribution in [1.29, 1.82) is 0 Å². The van der Waals surface area contributed by atoms with Crippen LogP contribution in [0.5, 0.6) is 0 Å². The minimum absolute atomic E-state index is 0.340. The minimum Gasteiger partial charge on any atom is -0.458 e. The van der Waals surface area contributed by atoms with Gasteiger partial charge in [-0.25, -0.2) is 0 Å². The van der Waals surface area contributed by atoms with Crippen molar-refractivity contribution in [3.63, 3.8) is 0 Å². The van der Waals surface area contributed by atoms with Crippen LogP contribution in [0.15, 0.2) is 0 Å². The molecule has 58 valence electrons. The van der Waals surface area contributed by atoms with Crippen LogP contribution < -0.4 is 5.32 Å². The van der Waals surface area contributed by atoms with Crippen LogP contribution in [0.4, 0.5) is 0 Å². The van der Waals surface area contributed by atoms with Crippen molar-refractivity contribution in [2.45, 2.75) is 19.1 Å². The van der Waals surface area contributed by atoms with E-state index in [0.717, 1.165) is 0 Å². The third kappa shape index (κ3) is 1.68. The van der Waals surface area contributed by atoms with E-state index in [1.54, 1.807) is 0 Å². The Labute approximate surface area is 59.2 Å². The maximum Gasteiger partial charge on any atom is 0.303 e. The number of aliphatic hydroxyl groups is 1. The maximum atomic E-state index is 10.4. The van der Waals surface area contributed by atoms with Crippen LogP contribution in [0.2, 0.25) is 0 Å². The predicted octanol–water partition coefficient (Wildman–Crippen LogP) is -1.12. The molecule has 0 unspecified atom stereocenters. The molecule has 2 N–H and O–H groups in total. The summed E-state index contributed by atoms with van der Waals surface area (Å²) >= 11 is 0. The molecular weight excluding hydrogens is 134 g/mol. The highest BCUT2D eigenvalue weighted by Crippen LogP contribution is 2.03. The molecule has 2 atom stereocenters. The van der Waals surface area contributed by atoms with Gasteiger partial charge in [0.1, 0.15) is 12.2 Å². The summed E-state index contributed by atoms with van der Waals surface area (Å²) < 4.78 is 4.77. The van der Waals surface area contributed by atoms with Gasteiger partial charge in [0.05, 0.1) is 0 Å². The van der Waals surface area contributed by atoms with Gasteiger partial charge in [-0.1, -0.05) is 0 Å². The fourth-order valence-corrected chi connectivity index (χ4v) is 0.974. The van der Waals surface area contributed by atoms with Crippen LogP contribution in [-0.4, -0.2) is 36.4 Å². The number of rotatable bonds is 1. The number of carbonyl (C=O) groups excluding carboxylic acids is 1. The van der Waals surface area contributed by atoms with Gasteiger partial charge in [-0.05, 0) is 0 Å². The SMILES string of the molecule is CC(=O)O[C@H]1CNC[C@@H]1O. The van der Waals surface area contributed by atoms with Crippen molar-refractivity contribution < 1.29 is 14.6 Å². The summed E-state index contributed by atoms with van der Waals surface area (Å²) in [6.07, 6.45) is -0.888. The number of ether oxygens (including phenoxy) is 1. The van der Waals surface area contributed by atoms with E-state index >= 15 is 0 Å². The molecule has 0 aromatic heterocycles. The molecule has 0 aromatic rings. The molecule has 0 saturated carbocycles. The lowest BCUT2D eigenvalue weighted by atomic mass is 10.3. The lowest BCUT2D eigenvalue weighted by Crippen LogP contribution is -2.28. The Morgan fingerprint density at radius 3 is 2.80 bits per heavy atom. The van der Waals surface area contributed by atoms with E-state index in [1.165, 1.54) is 6.92 Å². The Kier molecular flexibility index (Phi) is 2.24. The summed E-state index contributed by atoms with van der Waals surface area (Å²) in [6.45, 7) is 2.41. The van der Waals surface area contributed by atoms with Gasteiger partial charge in [-0.15, -0.1) is 0 Å². The normalized spacial score (nSPS) is 32.2. The van der Waals surface area contributed by atoms with E-state index in [0.29, 0.717) is 13.1 Å². The zero-order valence-electron chi connectivity index (χ0n) is 5.83. The molecular formula is C6H11NO3. The molecule has 1 aliphatic heterocycles. The molecule has 0 aromatic carbocycles. The van der Waals surface area contributed by atoms with Gasteiger partial charge in [0.15, 0.2) is 0 Å². The number of hydrogen-bond donors (Lipinski definition) is 2. The van der Waals surface area contributed by atoms with Gasteiger partial charge < -0.3 is 15.2 Å². The minimum atomic E-state index is -0.538. The molecule has 0 radical (unpaired) electrons. The molecule has 1 heterocycles. The molecule has 0 bridgehead atoms. The summed E-state index contributed by atoms with van der Waals surface area (Å²) in [5.74, 6) is -0.340. The smallest absolute Gasteiger partial charge is 0.303 e. The molecule has 1 fully saturated rings. The first-order chi connectivity index (χ1) is 4.70. The molecule has 4 heteroatoms. The highest BCUT2D eigenvalue weighted by Gasteiger charge is 2.26. The highest BCUT2D eigenvalue weighted by molar-refractivity contribution is 5.66. The number of β-amino-alcohol motifs (C(OH)–C–C–N with tert-alkyl or cyclic N) is 1. The first-order valence-electron chi connectivity index (χ1n) is 3.26. The molecule has 1 rings (SSSR count). The average molecular weight is 145 g/mol. The second kappa shape index (κ2) is 2.98. The number of aliphatic hydroxyl groups excluding tert-OH is 1. The second-order valence-electron chi connectivity index (χ2n) is 2.37. The third-order valence-electron chi connectivity index (χ3n) is 1.45. The lowest BCUT2D eigenvalue weighted by Gasteiger charge is -2.12. The summed E-state index contributed by atoms with van der Waals surface area (Å²) in [7, 11) is 0. The van der Waals surface area contributed by atoms with Crippen LogP contribution in [0.1, 0.15) is 6.92 Å². The van der Waals surface area contributed by atoms with Crippen molar-refractivity contribution in [3.8, 4) is 0 Å². The van der Waals surface area contributed by atoms with Crippen LogP contribution in [-0.2, 0) is 9.53 Å². The van der Waals surface area contributed by atoms with Crippen molar-refractivity contribution in [1.82, 2.24) is 5.32 Å². The Hall–Kier alpha value is -0.610. The molecule has 1 aliphatic rings. The van der Waals surface area contributed by atoms with E-state index in [2.05, 4.69) is 5.32 Å². The van der Waals surface area contributed by atoms with E-state index in [4.69, 9.17) is 9.84 Å². The van der Waals surface area contributed by atoms with Crippen molar-refractivity contribution in [2.75, 3.05) is 13.1 Å². The van der Waals surface area contributed by atoms with Gasteiger partial charge in [0, 0.05) is 20.0 Å². The molecule has 0 amide bonds. The molecule has 0 spiro atoms. The first kappa shape index (κ1) is 7.50. The monoisotopic (exact) mass is 145 g/mol. The van der Waals surface area contributed by atoms with E-state index in [1.807, 2.05) is 0 Å². The zero-order valence-corrected chi connectivity index (χ0v) is 5.83. The Balaban J connectivity index is 2.33. The van der Waals surface area contributed by atoms with Crippen molar-refractivity contribution in [3.05, 3.63) is 0 Å². The summed E-state index contributed by atoms with van der Waals surface area (Å²) in [4.78, 5) is 10.4. The lowest BCUT2D eigenvalue weighted by molar-refractivity contribution is -0.149. The highest BCUT2D eigenvalue weighted by atomic mass is 16.6. The quantitative estimate of drug-likeness (QED) is 0.459. The third-order valence-corrected chi connectivity index (χ3v) is 1.45. The molecule has 4 nitrogen and oxygen atoms in total. The fourth-order valence-electron chi connectivity index (χ4n) is 0.974. The predicted molar refractivity (Wildman–Crippen MR) is 34.4 cm³/mol. The summed E-state index contributed by atoms with van der Waals surface area (Å²) in [5.41, 5.74) is 0. The van der Waals surface area contributed by atoms with Crippen molar-refractivity contribution in [2.24, 2.45) is 0 Å². The largest absolute Gasteiger partial charge is 0.458 e. The van der Waals surface area contributed by atoms with Crippen LogP contribution >= 0.6 is 0 Å². The Bertz CT molecular complexity index is 137. The molecule has 1 saturated heterocycles. The number of nitrogens with one attached hydrogen (secondary N) is 1. The Morgan fingerprint density at radius 1 is 1.70 bits per heavy atom. The second-order valence-corrected chi connectivity index (χ2v) is 2.37. The topological polar surface area (TPSA) is 58.6 Å². The average Bonchev–Trinajstić information content (AvgIpc) is 2.15. The standard InChI is InChI=1S/C6H11NO3/c1-4(8)10-6-3-7-2-5(6)9/h5-7,9H,2-3H2,1H3/t5-,6-/m0/s1. The van der Waals surface area contributed by atoms with Gasteiger partial charge in [0.2, 0.25) is 0 Å². The Morgan fingerprint density at radius 2 is 2.40 bits per heavy atom. The fraction of sp³-hybridized carbons (Fsp3) is 0.833. The van der Waals surface area contributed by atoms with Gasteiger partial charge in [0.25, 0.3) is 0 Å². The van der Waals surface area contributed by atoms with E-state index in [9.17, 15) is 4.79 Å². The summed E-state index contributed by atoms with van der Waals surface area (Å²) in [5, 5.41) is 12.0. The van der Waals surface area contributed by atoms with Crippen LogP contribution in [0.3, 0.4) is 0 Å². The van der Waals surface area contributed by atoms with Gasteiger partial charge in [-0.3, -0.25) is 4.79 Å². The van der Waals surface area contributed by atoms with Gasteiger partial charge >= 0.3 is 5.97 Å². The molecule has 10 heavy (non-hydrogen) atoms. The zero-order chi connectivity index (χ0) is 7.56. The van der Waals surface area contributed by atoms with Crippen molar-refractivity contribution >= 4 is 5.97 Å². The van der Waals surface area contributed by atoms with Crippen LogP contribution in [0, 0.1) is 0 Å². The van der Waals surface area contributed by atoms with E-state index < -0.39 is 6.10 Å². The molecule has 0 aliphatic carbocycles. The number of esters is 1. The maximum absolute atomic E-state index is 10.4. The number of hydrogen-bond acceptors (Lipinski definition) is 4. The summed E-state index contributed by atoms with van der Waals surface area (Å²) in [6, 6.07) is 0. The van der Waals surface area contributed by atoms with E-state index in [-0.39, 0.29) is 12.1 Å².